The van der Waals surface area contributed by atoms with Gasteiger partial charge in [0, 0.05) is 19.8 Å². The van der Waals surface area contributed by atoms with Crippen molar-refractivity contribution in [1.82, 2.24) is 0 Å². The number of anilines is 1. The molecule has 1 aromatic carbocycles. The number of rotatable bonds is 8. The molecule has 1 aromatic rings. The number of aryl methyl sites for hydroxylation is 1. The van der Waals surface area contributed by atoms with E-state index in [0.29, 0.717) is 24.3 Å². The number of ether oxygens (including phenoxy) is 1. The molecule has 0 fully saturated rings. The Kier molecular flexibility index (Phi) is 6.39. The Bertz CT molecular complexity index is 622. The summed E-state index contributed by atoms with van der Waals surface area (Å²) in [5, 5.41) is 8.60. The fourth-order valence-electron chi connectivity index (χ4n) is 1.63. The molecule has 0 atom stereocenters. The van der Waals surface area contributed by atoms with Gasteiger partial charge in [-0.1, -0.05) is 12.1 Å². The summed E-state index contributed by atoms with van der Waals surface area (Å²) in [7, 11) is -1.93. The third-order valence-corrected chi connectivity index (χ3v) is 4.06. The van der Waals surface area contributed by atoms with Crippen molar-refractivity contribution >= 4 is 27.8 Å². The zero-order valence-corrected chi connectivity index (χ0v) is 12.8. The molecule has 0 amide bonds. The number of nitrogens with one attached hydrogen (secondary N) is 1. The zero-order valence-electron chi connectivity index (χ0n) is 12.0. The maximum absolute atomic E-state index is 11.9. The topological polar surface area (TPSA) is 92.7 Å². The smallest absolute Gasteiger partial charge is 0.328 e. The van der Waals surface area contributed by atoms with Crippen LogP contribution in [0.1, 0.15) is 17.5 Å². The Morgan fingerprint density at radius 2 is 2.14 bits per heavy atom. The fourth-order valence-corrected chi connectivity index (χ4v) is 2.79. The molecule has 0 aliphatic heterocycles. The molecule has 21 heavy (non-hydrogen) atoms. The van der Waals surface area contributed by atoms with Gasteiger partial charge in [0.2, 0.25) is 10.0 Å². The highest BCUT2D eigenvalue weighted by atomic mass is 32.2. The van der Waals surface area contributed by atoms with Crippen LogP contribution >= 0.6 is 0 Å². The Morgan fingerprint density at radius 3 is 2.76 bits per heavy atom. The highest BCUT2D eigenvalue weighted by molar-refractivity contribution is 7.92. The van der Waals surface area contributed by atoms with Crippen LogP contribution in [0.5, 0.6) is 0 Å². The molecule has 0 spiro atoms. The van der Waals surface area contributed by atoms with E-state index in [9.17, 15) is 13.2 Å². The van der Waals surface area contributed by atoms with Gasteiger partial charge in [-0.2, -0.15) is 0 Å². The average molecular weight is 313 g/mol. The molecule has 0 heterocycles. The molecule has 1 rings (SSSR count). The summed E-state index contributed by atoms with van der Waals surface area (Å²) in [5.74, 6) is -1.09. The average Bonchev–Trinajstić information content (AvgIpc) is 2.39. The summed E-state index contributed by atoms with van der Waals surface area (Å²) in [6, 6.07) is 5.05. The number of hydrogen-bond donors (Lipinski definition) is 2. The summed E-state index contributed by atoms with van der Waals surface area (Å²) >= 11 is 0. The largest absolute Gasteiger partial charge is 0.478 e. The van der Waals surface area contributed by atoms with Gasteiger partial charge in [-0.25, -0.2) is 13.2 Å². The lowest BCUT2D eigenvalue weighted by Crippen LogP contribution is -2.18. The van der Waals surface area contributed by atoms with Crippen LogP contribution in [0, 0.1) is 6.92 Å². The van der Waals surface area contributed by atoms with E-state index in [1.807, 2.05) is 0 Å². The van der Waals surface area contributed by atoms with E-state index in [1.165, 1.54) is 13.2 Å². The zero-order chi connectivity index (χ0) is 15.9. The highest BCUT2D eigenvalue weighted by Crippen LogP contribution is 2.19. The summed E-state index contributed by atoms with van der Waals surface area (Å²) < 4.78 is 31.2. The van der Waals surface area contributed by atoms with E-state index in [-0.39, 0.29) is 5.75 Å². The molecular weight excluding hydrogens is 294 g/mol. The first kappa shape index (κ1) is 17.2. The second kappa shape index (κ2) is 7.80. The number of aliphatic carboxylic acids is 1. The Balaban J connectivity index is 2.87. The number of carboxylic acids is 1. The Labute approximate surface area is 124 Å². The summed E-state index contributed by atoms with van der Waals surface area (Å²) in [4.78, 5) is 10.5. The molecule has 0 aliphatic carbocycles. The lowest BCUT2D eigenvalue weighted by Gasteiger charge is -2.11. The number of benzene rings is 1. The van der Waals surface area contributed by atoms with Gasteiger partial charge in [-0.3, -0.25) is 4.72 Å². The van der Waals surface area contributed by atoms with Crippen LogP contribution in [0.15, 0.2) is 24.3 Å². The standard InChI is InChI=1S/C14H19NO5S/c1-11-4-5-12(6-7-14(16)17)10-13(11)15-21(18,19)9-3-8-20-2/h4-7,10,15H,3,8-9H2,1-2H3,(H,16,17). The van der Waals surface area contributed by atoms with Crippen molar-refractivity contribution in [2.24, 2.45) is 0 Å². The van der Waals surface area contributed by atoms with Crippen LogP contribution in [-0.2, 0) is 19.6 Å². The van der Waals surface area contributed by atoms with Crippen molar-refractivity contribution in [3.05, 3.63) is 35.4 Å². The van der Waals surface area contributed by atoms with Crippen LogP contribution in [0.2, 0.25) is 0 Å². The second-order valence-corrected chi connectivity index (χ2v) is 6.36. The van der Waals surface area contributed by atoms with Gasteiger partial charge in [-0.05, 0) is 36.6 Å². The van der Waals surface area contributed by atoms with E-state index in [2.05, 4.69) is 4.72 Å². The van der Waals surface area contributed by atoms with E-state index < -0.39 is 16.0 Å². The monoisotopic (exact) mass is 313 g/mol. The first-order valence-electron chi connectivity index (χ1n) is 6.35. The van der Waals surface area contributed by atoms with E-state index >= 15 is 0 Å². The summed E-state index contributed by atoms with van der Waals surface area (Å²) in [6.07, 6.45) is 2.81. The van der Waals surface area contributed by atoms with Crippen molar-refractivity contribution in [3.8, 4) is 0 Å². The fraction of sp³-hybridized carbons (Fsp3) is 0.357. The predicted molar refractivity (Wildman–Crippen MR) is 81.8 cm³/mol. The number of methoxy groups -OCH3 is 1. The second-order valence-electron chi connectivity index (χ2n) is 4.51. The maximum Gasteiger partial charge on any atom is 0.328 e. The van der Waals surface area contributed by atoms with Crippen LogP contribution in [0.25, 0.3) is 6.08 Å². The lowest BCUT2D eigenvalue weighted by molar-refractivity contribution is -0.131. The Morgan fingerprint density at radius 1 is 1.43 bits per heavy atom. The van der Waals surface area contributed by atoms with Crippen molar-refractivity contribution in [2.45, 2.75) is 13.3 Å². The van der Waals surface area contributed by atoms with Gasteiger partial charge in [0.15, 0.2) is 0 Å². The van der Waals surface area contributed by atoms with Crippen molar-refractivity contribution in [1.29, 1.82) is 0 Å². The summed E-state index contributed by atoms with van der Waals surface area (Å²) in [6.45, 7) is 2.15. The minimum Gasteiger partial charge on any atom is -0.478 e. The SMILES string of the molecule is COCCCS(=O)(=O)Nc1cc(C=CC(=O)O)ccc1C. The molecular formula is C14H19NO5S. The molecule has 6 nitrogen and oxygen atoms in total. The van der Waals surface area contributed by atoms with Crippen molar-refractivity contribution in [3.63, 3.8) is 0 Å². The molecule has 0 saturated carbocycles. The van der Waals surface area contributed by atoms with Gasteiger partial charge in [-0.15, -0.1) is 0 Å². The molecule has 7 heteroatoms. The normalized spacial score (nSPS) is 11.7. The van der Waals surface area contributed by atoms with Crippen LogP contribution in [-0.4, -0.2) is 39.0 Å². The minimum atomic E-state index is -3.45. The van der Waals surface area contributed by atoms with Gasteiger partial charge < -0.3 is 9.84 Å². The number of carboxylic acid groups (broad SMARTS) is 1. The number of hydrogen-bond acceptors (Lipinski definition) is 4. The van der Waals surface area contributed by atoms with Gasteiger partial charge in [0.1, 0.15) is 0 Å². The van der Waals surface area contributed by atoms with Gasteiger partial charge in [0.05, 0.1) is 11.4 Å². The third kappa shape index (κ3) is 6.42. The summed E-state index contributed by atoms with van der Waals surface area (Å²) in [5.41, 5.74) is 1.82. The lowest BCUT2D eigenvalue weighted by atomic mass is 10.1. The van der Waals surface area contributed by atoms with Crippen LogP contribution < -0.4 is 4.72 Å². The van der Waals surface area contributed by atoms with E-state index in [1.54, 1.807) is 25.1 Å². The maximum atomic E-state index is 11.9. The van der Waals surface area contributed by atoms with Gasteiger partial charge in [0.25, 0.3) is 0 Å². The first-order chi connectivity index (χ1) is 9.84. The molecule has 0 aliphatic rings. The Hall–Kier alpha value is -1.86. The molecule has 0 unspecified atom stereocenters. The molecule has 2 N–H and O–H groups in total. The molecule has 0 bridgehead atoms. The van der Waals surface area contributed by atoms with Crippen LogP contribution in [0.3, 0.4) is 0 Å². The quantitative estimate of drug-likeness (QED) is 0.564. The van der Waals surface area contributed by atoms with E-state index in [4.69, 9.17) is 9.84 Å². The molecule has 0 aromatic heterocycles. The van der Waals surface area contributed by atoms with Gasteiger partial charge >= 0.3 is 5.97 Å². The molecule has 0 radical (unpaired) electrons. The van der Waals surface area contributed by atoms with Crippen molar-refractivity contribution in [2.75, 3.05) is 24.2 Å². The van der Waals surface area contributed by atoms with Crippen molar-refractivity contribution < 1.29 is 23.1 Å². The molecule has 116 valence electrons. The van der Waals surface area contributed by atoms with E-state index in [0.717, 1.165) is 11.6 Å². The predicted octanol–water partition coefficient (Wildman–Crippen LogP) is 1.87. The highest BCUT2D eigenvalue weighted by Gasteiger charge is 2.11. The number of sulfonamides is 1. The number of carbonyl (C=O) groups is 1. The third-order valence-electron chi connectivity index (χ3n) is 2.71. The first-order valence-corrected chi connectivity index (χ1v) is 8.00. The van der Waals surface area contributed by atoms with Crippen LogP contribution in [0.4, 0.5) is 5.69 Å². The molecule has 0 saturated heterocycles. The minimum absolute atomic E-state index is 0.0323.